The Labute approximate surface area is 226 Å². The third-order valence-electron chi connectivity index (χ3n) is 12.0. The summed E-state index contributed by atoms with van der Waals surface area (Å²) in [6, 6.07) is 16.8. The molecule has 5 nitrogen and oxygen atoms in total. The Morgan fingerprint density at radius 1 is 1.08 bits per heavy atom. The minimum atomic E-state index is -0.0579. The molecule has 1 amide bonds. The molecule has 7 aliphatic rings. The molecule has 6 fully saturated rings. The Bertz CT molecular complexity index is 1260. The summed E-state index contributed by atoms with van der Waals surface area (Å²) in [6.45, 7) is 5.61. The summed E-state index contributed by atoms with van der Waals surface area (Å²) in [7, 11) is 0. The van der Waals surface area contributed by atoms with E-state index in [-0.39, 0.29) is 22.3 Å². The van der Waals surface area contributed by atoms with E-state index in [0.29, 0.717) is 17.7 Å². The average molecular weight is 512 g/mol. The van der Waals surface area contributed by atoms with E-state index in [1.807, 2.05) is 36.4 Å². The van der Waals surface area contributed by atoms with Gasteiger partial charge in [-0.05, 0) is 130 Å². The lowest BCUT2D eigenvalue weighted by Gasteiger charge is -2.69. The minimum absolute atomic E-state index is 0.0495. The third-order valence-corrected chi connectivity index (χ3v) is 12.0. The van der Waals surface area contributed by atoms with Crippen molar-refractivity contribution in [3.63, 3.8) is 0 Å². The Balaban J connectivity index is 1.22. The van der Waals surface area contributed by atoms with Crippen LogP contribution in [0.1, 0.15) is 72.9 Å². The number of amides is 1. The van der Waals surface area contributed by atoms with Crippen LogP contribution in [-0.4, -0.2) is 65.1 Å². The van der Waals surface area contributed by atoms with Crippen molar-refractivity contribution in [3.8, 4) is 5.75 Å². The zero-order valence-electron chi connectivity index (χ0n) is 22.5. The van der Waals surface area contributed by atoms with Gasteiger partial charge in [-0.3, -0.25) is 9.69 Å². The fourth-order valence-corrected chi connectivity index (χ4v) is 10.7. The van der Waals surface area contributed by atoms with Gasteiger partial charge in [0, 0.05) is 35.6 Å². The zero-order chi connectivity index (χ0) is 25.5. The molecule has 3 saturated heterocycles. The first kappa shape index (κ1) is 23.5. The SMILES string of the molecule is O=C(c1ccccc1)N1C[C@@H]2CC13CCC1(C2)C2Cc4ccc(O)cc4C1(CCN2CC1CCCNC1)C3. The van der Waals surface area contributed by atoms with E-state index in [9.17, 15) is 9.90 Å². The third kappa shape index (κ3) is 3.15. The number of rotatable bonds is 3. The molecule has 9 rings (SSSR count). The highest BCUT2D eigenvalue weighted by atomic mass is 16.3. The molecule has 2 spiro atoms. The van der Waals surface area contributed by atoms with Gasteiger partial charge < -0.3 is 15.3 Å². The summed E-state index contributed by atoms with van der Waals surface area (Å²) < 4.78 is 0. The first-order valence-electron chi connectivity index (χ1n) is 15.2. The van der Waals surface area contributed by atoms with Gasteiger partial charge >= 0.3 is 0 Å². The molecular formula is C33H41N3O2. The number of carbonyl (C=O) groups is 1. The van der Waals surface area contributed by atoms with Crippen molar-refractivity contribution in [1.82, 2.24) is 15.1 Å². The van der Waals surface area contributed by atoms with Crippen LogP contribution in [0.5, 0.6) is 5.75 Å². The molecule has 2 aromatic rings. The van der Waals surface area contributed by atoms with Crippen LogP contribution in [0.25, 0.3) is 0 Å². The van der Waals surface area contributed by atoms with E-state index in [1.54, 1.807) is 0 Å². The molecule has 3 saturated carbocycles. The molecule has 3 aliphatic heterocycles. The van der Waals surface area contributed by atoms with Gasteiger partial charge in [0.1, 0.15) is 5.75 Å². The predicted octanol–water partition coefficient (Wildman–Crippen LogP) is 4.74. The molecule has 5 unspecified atom stereocenters. The molecule has 2 aromatic carbocycles. The van der Waals surface area contributed by atoms with Crippen LogP contribution in [0.2, 0.25) is 0 Å². The molecule has 4 aliphatic carbocycles. The lowest BCUT2D eigenvalue weighted by Crippen LogP contribution is -2.72. The Morgan fingerprint density at radius 3 is 2.82 bits per heavy atom. The molecule has 0 aromatic heterocycles. The molecule has 200 valence electrons. The van der Waals surface area contributed by atoms with Gasteiger partial charge in [0.15, 0.2) is 0 Å². The van der Waals surface area contributed by atoms with Gasteiger partial charge in [0.25, 0.3) is 5.91 Å². The second kappa shape index (κ2) is 8.32. The number of nitrogens with zero attached hydrogens (tertiary/aromatic N) is 2. The molecule has 0 radical (unpaired) electrons. The standard InChI is InChI=1S/C33H41N3O2/c37-27-9-8-26-15-29-32-11-10-31(17-24(18-32)21-36(31)30(38)25-6-2-1-3-7-25)22-33(32,28(26)16-27)12-14-35(29)20-23-5-4-13-34-19-23/h1-3,6-9,16,23-24,29,34,37H,4-5,10-15,17-22H2/t23?,24-,29?,31?,32?,33?/m1/s1. The average Bonchev–Trinajstić information content (AvgIpc) is 3.10. The number of benzene rings is 2. The van der Waals surface area contributed by atoms with Gasteiger partial charge in [0.05, 0.1) is 0 Å². The van der Waals surface area contributed by atoms with E-state index in [1.165, 1.54) is 49.9 Å². The summed E-state index contributed by atoms with van der Waals surface area (Å²) in [4.78, 5) is 19.2. The van der Waals surface area contributed by atoms with E-state index in [4.69, 9.17) is 0 Å². The number of hydrogen-bond donors (Lipinski definition) is 2. The maximum atomic E-state index is 14.0. The van der Waals surface area contributed by atoms with Crippen molar-refractivity contribution in [2.24, 2.45) is 17.3 Å². The number of aromatic hydroxyl groups is 1. The van der Waals surface area contributed by atoms with Crippen molar-refractivity contribution < 1.29 is 9.90 Å². The van der Waals surface area contributed by atoms with E-state index in [0.717, 1.165) is 63.2 Å². The van der Waals surface area contributed by atoms with Gasteiger partial charge in [-0.2, -0.15) is 0 Å². The lowest BCUT2D eigenvalue weighted by atomic mass is 9.41. The van der Waals surface area contributed by atoms with Gasteiger partial charge in [-0.15, -0.1) is 0 Å². The van der Waals surface area contributed by atoms with Crippen LogP contribution >= 0.6 is 0 Å². The number of phenols is 1. The summed E-state index contributed by atoms with van der Waals surface area (Å²) >= 11 is 0. The number of piperidine rings is 2. The number of fused-ring (bicyclic) bond motifs is 2. The molecule has 5 bridgehead atoms. The van der Waals surface area contributed by atoms with Gasteiger partial charge in [-0.25, -0.2) is 0 Å². The Kier molecular flexibility index (Phi) is 5.14. The quantitative estimate of drug-likeness (QED) is 0.625. The van der Waals surface area contributed by atoms with Gasteiger partial charge in [-0.1, -0.05) is 24.3 Å². The van der Waals surface area contributed by atoms with Crippen LogP contribution in [0.15, 0.2) is 48.5 Å². The van der Waals surface area contributed by atoms with E-state index >= 15 is 0 Å². The second-order valence-corrected chi connectivity index (χ2v) is 13.7. The van der Waals surface area contributed by atoms with Gasteiger partial charge in [0.2, 0.25) is 0 Å². The smallest absolute Gasteiger partial charge is 0.254 e. The van der Waals surface area contributed by atoms with Crippen molar-refractivity contribution in [3.05, 3.63) is 65.2 Å². The fraction of sp³-hybridized carbons (Fsp3) is 0.606. The fourth-order valence-electron chi connectivity index (χ4n) is 10.7. The molecule has 38 heavy (non-hydrogen) atoms. The maximum absolute atomic E-state index is 14.0. The molecule has 6 atom stereocenters. The van der Waals surface area contributed by atoms with Crippen molar-refractivity contribution in [2.45, 2.75) is 74.8 Å². The van der Waals surface area contributed by atoms with Crippen molar-refractivity contribution >= 4 is 5.91 Å². The van der Waals surface area contributed by atoms with Crippen LogP contribution in [-0.2, 0) is 11.8 Å². The maximum Gasteiger partial charge on any atom is 0.254 e. The molecule has 2 N–H and O–H groups in total. The summed E-state index contributed by atoms with van der Waals surface area (Å²) in [5.74, 6) is 1.96. The lowest BCUT2D eigenvalue weighted by molar-refractivity contribution is -0.132. The van der Waals surface area contributed by atoms with Crippen molar-refractivity contribution in [1.29, 1.82) is 0 Å². The number of phenolic OH excluding ortho intramolecular Hbond substituents is 1. The molecule has 5 heteroatoms. The first-order valence-corrected chi connectivity index (χ1v) is 15.2. The van der Waals surface area contributed by atoms with Crippen LogP contribution in [0, 0.1) is 17.3 Å². The molecule has 3 heterocycles. The highest BCUT2D eigenvalue weighted by molar-refractivity contribution is 5.95. The number of nitrogens with one attached hydrogen (secondary N) is 1. The summed E-state index contributed by atoms with van der Waals surface area (Å²) in [6.07, 6.45) is 10.7. The monoisotopic (exact) mass is 511 g/mol. The number of hydrogen-bond acceptors (Lipinski definition) is 4. The first-order chi connectivity index (χ1) is 18.5. The van der Waals surface area contributed by atoms with Crippen molar-refractivity contribution in [2.75, 3.05) is 32.7 Å². The van der Waals surface area contributed by atoms with Crippen LogP contribution < -0.4 is 5.32 Å². The Morgan fingerprint density at radius 2 is 1.97 bits per heavy atom. The summed E-state index contributed by atoms with van der Waals surface area (Å²) in [5.41, 5.74) is 3.95. The number of likely N-dealkylation sites (tertiary alicyclic amines) is 2. The minimum Gasteiger partial charge on any atom is -0.508 e. The normalized spacial score (nSPS) is 39.4. The highest BCUT2D eigenvalue weighted by Crippen LogP contribution is 2.72. The topological polar surface area (TPSA) is 55.8 Å². The number of carbonyl (C=O) groups excluding carboxylic acids is 1. The Hall–Kier alpha value is -2.37. The zero-order valence-corrected chi connectivity index (χ0v) is 22.5. The van der Waals surface area contributed by atoms with E-state index in [2.05, 4.69) is 27.2 Å². The highest BCUT2D eigenvalue weighted by Gasteiger charge is 2.72. The van der Waals surface area contributed by atoms with Crippen LogP contribution in [0.4, 0.5) is 0 Å². The summed E-state index contributed by atoms with van der Waals surface area (Å²) in [5, 5.41) is 14.4. The second-order valence-electron chi connectivity index (χ2n) is 13.7. The van der Waals surface area contributed by atoms with E-state index < -0.39 is 0 Å². The largest absolute Gasteiger partial charge is 0.508 e. The predicted molar refractivity (Wildman–Crippen MR) is 148 cm³/mol. The molecular weight excluding hydrogens is 470 g/mol. The van der Waals surface area contributed by atoms with Crippen LogP contribution in [0.3, 0.4) is 0 Å².